The molecule has 1 aliphatic rings. The van der Waals surface area contributed by atoms with E-state index in [2.05, 4.69) is 6.58 Å². The summed E-state index contributed by atoms with van der Waals surface area (Å²) in [5.41, 5.74) is -0.579. The third-order valence-electron chi connectivity index (χ3n) is 2.54. The summed E-state index contributed by atoms with van der Waals surface area (Å²) in [6, 6.07) is 0. The van der Waals surface area contributed by atoms with Crippen molar-refractivity contribution in [2.24, 2.45) is 0 Å². The third kappa shape index (κ3) is 3.20. The number of carboxylic acid groups (broad SMARTS) is 1. The molecular formula is C11H17NO5. The Bertz CT molecular complexity index is 326. The molecule has 1 rings (SSSR count). The molecule has 1 aliphatic heterocycles. The summed E-state index contributed by atoms with van der Waals surface area (Å²) in [5, 5.41) is 8.86. The van der Waals surface area contributed by atoms with E-state index < -0.39 is 23.7 Å². The molecule has 0 bridgehead atoms. The van der Waals surface area contributed by atoms with Gasteiger partial charge in [-0.25, -0.2) is 9.59 Å². The highest BCUT2D eigenvalue weighted by atomic mass is 16.6. The highest BCUT2D eigenvalue weighted by Crippen LogP contribution is 2.23. The van der Waals surface area contributed by atoms with E-state index in [1.165, 1.54) is 11.0 Å². The van der Waals surface area contributed by atoms with Crippen LogP contribution in [0.2, 0.25) is 0 Å². The van der Waals surface area contributed by atoms with Crippen LogP contribution in [0.15, 0.2) is 12.7 Å². The Kier molecular flexibility index (Phi) is 4.11. The first-order valence-electron chi connectivity index (χ1n) is 5.28. The van der Waals surface area contributed by atoms with Gasteiger partial charge in [0.05, 0.1) is 18.7 Å². The van der Waals surface area contributed by atoms with Gasteiger partial charge in [-0.1, -0.05) is 12.7 Å². The van der Waals surface area contributed by atoms with E-state index in [0.717, 1.165) is 0 Å². The first kappa shape index (κ1) is 13.5. The number of carboxylic acids is 1. The maximum Gasteiger partial charge on any atom is 0.410 e. The van der Waals surface area contributed by atoms with E-state index >= 15 is 0 Å². The molecule has 6 nitrogen and oxygen atoms in total. The molecule has 0 aromatic heterocycles. The fourth-order valence-electron chi connectivity index (χ4n) is 1.53. The largest absolute Gasteiger partial charge is 0.479 e. The SMILES string of the molecule is C=CCOC(=O)N1CC(C(=O)O)OCC1(C)C. The minimum absolute atomic E-state index is 0.0156. The fourth-order valence-corrected chi connectivity index (χ4v) is 1.53. The molecule has 0 aliphatic carbocycles. The Morgan fingerprint density at radius 1 is 1.65 bits per heavy atom. The molecule has 1 fully saturated rings. The molecule has 1 saturated heterocycles. The Balaban J connectivity index is 2.73. The van der Waals surface area contributed by atoms with Gasteiger partial charge in [0.15, 0.2) is 6.10 Å². The number of hydrogen-bond donors (Lipinski definition) is 1. The van der Waals surface area contributed by atoms with E-state index in [1.54, 1.807) is 13.8 Å². The van der Waals surface area contributed by atoms with E-state index in [-0.39, 0.29) is 19.8 Å². The van der Waals surface area contributed by atoms with Gasteiger partial charge in [-0.2, -0.15) is 0 Å². The van der Waals surface area contributed by atoms with Crippen LogP contribution in [0.1, 0.15) is 13.8 Å². The van der Waals surface area contributed by atoms with E-state index in [9.17, 15) is 9.59 Å². The van der Waals surface area contributed by atoms with Gasteiger partial charge in [0.1, 0.15) is 6.61 Å². The van der Waals surface area contributed by atoms with Crippen molar-refractivity contribution in [3.8, 4) is 0 Å². The van der Waals surface area contributed by atoms with Gasteiger partial charge in [0, 0.05) is 0 Å². The van der Waals surface area contributed by atoms with Crippen LogP contribution in [-0.2, 0) is 14.3 Å². The van der Waals surface area contributed by atoms with Crippen LogP contribution in [0.25, 0.3) is 0 Å². The van der Waals surface area contributed by atoms with Crippen LogP contribution in [0.5, 0.6) is 0 Å². The highest BCUT2D eigenvalue weighted by molar-refractivity contribution is 5.75. The standard InChI is InChI=1S/C11H17NO5/c1-4-5-16-10(15)12-6-8(9(13)14)17-7-11(12,2)3/h4,8H,1,5-7H2,2-3H3,(H,13,14). The Morgan fingerprint density at radius 2 is 2.29 bits per heavy atom. The number of aliphatic carboxylic acids is 1. The summed E-state index contributed by atoms with van der Waals surface area (Å²) in [4.78, 5) is 23.9. The second kappa shape index (κ2) is 5.18. The zero-order valence-corrected chi connectivity index (χ0v) is 10.0. The summed E-state index contributed by atoms with van der Waals surface area (Å²) < 4.78 is 10.1. The van der Waals surface area contributed by atoms with Crippen LogP contribution in [0, 0.1) is 0 Å². The van der Waals surface area contributed by atoms with Gasteiger partial charge in [0.2, 0.25) is 0 Å². The molecule has 1 atom stereocenters. The second-order valence-corrected chi connectivity index (χ2v) is 4.43. The summed E-state index contributed by atoms with van der Waals surface area (Å²) in [7, 11) is 0. The van der Waals surface area contributed by atoms with Gasteiger partial charge in [-0.3, -0.25) is 4.90 Å². The molecule has 1 N–H and O–H groups in total. The van der Waals surface area contributed by atoms with Gasteiger partial charge in [-0.05, 0) is 13.8 Å². The first-order chi connectivity index (χ1) is 7.88. The van der Waals surface area contributed by atoms with Crippen LogP contribution in [0.3, 0.4) is 0 Å². The summed E-state index contributed by atoms with van der Waals surface area (Å²) in [6.07, 6.45) is -0.0937. The van der Waals surface area contributed by atoms with Crippen LogP contribution >= 0.6 is 0 Å². The topological polar surface area (TPSA) is 76.1 Å². The van der Waals surface area contributed by atoms with E-state index in [4.69, 9.17) is 14.6 Å². The predicted molar refractivity (Wildman–Crippen MR) is 59.7 cm³/mol. The molecule has 17 heavy (non-hydrogen) atoms. The van der Waals surface area contributed by atoms with Crippen molar-refractivity contribution in [2.45, 2.75) is 25.5 Å². The van der Waals surface area contributed by atoms with Crippen molar-refractivity contribution in [2.75, 3.05) is 19.8 Å². The summed E-state index contributed by atoms with van der Waals surface area (Å²) in [6.45, 7) is 7.27. The lowest BCUT2D eigenvalue weighted by Gasteiger charge is -2.43. The molecule has 96 valence electrons. The van der Waals surface area contributed by atoms with Crippen LogP contribution in [0.4, 0.5) is 4.79 Å². The molecule has 1 heterocycles. The Hall–Kier alpha value is -1.56. The smallest absolute Gasteiger partial charge is 0.410 e. The highest BCUT2D eigenvalue weighted by Gasteiger charge is 2.41. The molecule has 0 radical (unpaired) electrons. The van der Waals surface area contributed by atoms with E-state index in [0.29, 0.717) is 0 Å². The first-order valence-corrected chi connectivity index (χ1v) is 5.28. The maximum absolute atomic E-state index is 11.7. The average Bonchev–Trinajstić information content (AvgIpc) is 2.25. The maximum atomic E-state index is 11.7. The van der Waals surface area contributed by atoms with Gasteiger partial charge >= 0.3 is 12.1 Å². The van der Waals surface area contributed by atoms with Crippen molar-refractivity contribution in [3.05, 3.63) is 12.7 Å². The van der Waals surface area contributed by atoms with Crippen molar-refractivity contribution in [3.63, 3.8) is 0 Å². The number of carbonyl (C=O) groups is 2. The normalized spacial score (nSPS) is 22.9. The third-order valence-corrected chi connectivity index (χ3v) is 2.54. The van der Waals surface area contributed by atoms with Crippen LogP contribution in [-0.4, -0.2) is 53.5 Å². The minimum Gasteiger partial charge on any atom is -0.479 e. The molecule has 0 aromatic carbocycles. The number of morpholine rings is 1. The minimum atomic E-state index is -1.08. The molecule has 1 unspecified atom stereocenters. The van der Waals surface area contributed by atoms with Crippen molar-refractivity contribution >= 4 is 12.1 Å². The molecule has 0 saturated carbocycles. The monoisotopic (exact) mass is 243 g/mol. The van der Waals surface area contributed by atoms with Crippen molar-refractivity contribution in [1.82, 2.24) is 4.90 Å². The lowest BCUT2D eigenvalue weighted by Crippen LogP contribution is -2.60. The average molecular weight is 243 g/mol. The Labute approximate surface area is 99.8 Å². The van der Waals surface area contributed by atoms with Crippen LogP contribution < -0.4 is 0 Å². The molecule has 0 aromatic rings. The lowest BCUT2D eigenvalue weighted by molar-refractivity contribution is -0.162. The predicted octanol–water partition coefficient (Wildman–Crippen LogP) is 0.873. The lowest BCUT2D eigenvalue weighted by atomic mass is 10.0. The number of hydrogen-bond acceptors (Lipinski definition) is 4. The van der Waals surface area contributed by atoms with Gasteiger partial charge in [0.25, 0.3) is 0 Å². The number of ether oxygens (including phenoxy) is 2. The summed E-state index contributed by atoms with van der Waals surface area (Å²) >= 11 is 0. The van der Waals surface area contributed by atoms with Gasteiger partial charge < -0.3 is 14.6 Å². The quantitative estimate of drug-likeness (QED) is 0.744. The van der Waals surface area contributed by atoms with E-state index in [1.807, 2.05) is 0 Å². The van der Waals surface area contributed by atoms with Crippen molar-refractivity contribution in [1.29, 1.82) is 0 Å². The molecule has 6 heteroatoms. The number of carbonyl (C=O) groups excluding carboxylic acids is 1. The molecular weight excluding hydrogens is 226 g/mol. The number of amides is 1. The molecule has 0 spiro atoms. The fraction of sp³-hybridized carbons (Fsp3) is 0.636. The van der Waals surface area contributed by atoms with Crippen molar-refractivity contribution < 1.29 is 24.2 Å². The zero-order chi connectivity index (χ0) is 13.1. The van der Waals surface area contributed by atoms with Gasteiger partial charge in [-0.15, -0.1) is 0 Å². The zero-order valence-electron chi connectivity index (χ0n) is 10.0. The summed E-state index contributed by atoms with van der Waals surface area (Å²) in [5.74, 6) is -1.08. The Morgan fingerprint density at radius 3 is 2.82 bits per heavy atom. The molecule has 1 amide bonds. The number of nitrogens with zero attached hydrogens (tertiary/aromatic N) is 1. The second-order valence-electron chi connectivity index (χ2n) is 4.43. The number of rotatable bonds is 3.